The summed E-state index contributed by atoms with van der Waals surface area (Å²) in [5, 5.41) is 1.01. The number of H-pyrrole nitrogens is 1. The van der Waals surface area contributed by atoms with E-state index in [9.17, 15) is 4.79 Å². The summed E-state index contributed by atoms with van der Waals surface area (Å²) in [7, 11) is 0. The molecule has 0 aliphatic carbocycles. The third kappa shape index (κ3) is 3.74. The smallest absolute Gasteiger partial charge is 0.255 e. The van der Waals surface area contributed by atoms with Crippen LogP contribution in [-0.4, -0.2) is 26.4 Å². The zero-order chi connectivity index (χ0) is 16.4. The Morgan fingerprint density at radius 3 is 3.00 bits per heavy atom. The number of rotatable bonds is 4. The zero-order valence-electron chi connectivity index (χ0n) is 12.9. The lowest BCUT2D eigenvalue weighted by Gasteiger charge is -2.27. The van der Waals surface area contributed by atoms with Crippen LogP contribution in [0.2, 0.25) is 10.2 Å². The molecule has 1 N–H and O–H groups in total. The van der Waals surface area contributed by atoms with Gasteiger partial charge in [-0.1, -0.05) is 30.1 Å². The minimum atomic E-state index is -0.0292. The maximum atomic E-state index is 12.3. The van der Waals surface area contributed by atoms with E-state index in [0.717, 1.165) is 48.5 Å². The first-order valence-corrected chi connectivity index (χ1v) is 8.45. The Morgan fingerprint density at radius 1 is 1.39 bits per heavy atom. The van der Waals surface area contributed by atoms with E-state index in [4.69, 9.17) is 23.2 Å². The van der Waals surface area contributed by atoms with E-state index in [1.54, 1.807) is 0 Å². The van der Waals surface area contributed by atoms with Gasteiger partial charge >= 0.3 is 0 Å². The number of pyridine rings is 1. The van der Waals surface area contributed by atoms with Crippen molar-refractivity contribution in [1.29, 1.82) is 0 Å². The molecule has 0 radical (unpaired) electrons. The highest BCUT2D eigenvalue weighted by molar-refractivity contribution is 6.32. The van der Waals surface area contributed by atoms with Crippen LogP contribution in [0.4, 0.5) is 0 Å². The third-order valence-electron chi connectivity index (χ3n) is 3.96. The summed E-state index contributed by atoms with van der Waals surface area (Å²) in [6.07, 6.45) is 4.06. The van der Waals surface area contributed by atoms with Gasteiger partial charge in [0.05, 0.1) is 16.3 Å². The number of fused-ring (bicyclic) bond motifs is 1. The van der Waals surface area contributed by atoms with Crippen LogP contribution in [0.15, 0.2) is 17.1 Å². The molecule has 23 heavy (non-hydrogen) atoms. The molecule has 0 bridgehead atoms. The molecule has 0 atom stereocenters. The van der Waals surface area contributed by atoms with Crippen LogP contribution in [0.5, 0.6) is 0 Å². The molecule has 122 valence electrons. The zero-order valence-corrected chi connectivity index (χ0v) is 14.4. The maximum absolute atomic E-state index is 12.3. The molecule has 0 saturated heterocycles. The Balaban J connectivity index is 1.80. The summed E-state index contributed by atoms with van der Waals surface area (Å²) in [5.41, 5.74) is 2.51. The minimum absolute atomic E-state index is 0.0292. The number of aryl methyl sites for hydroxylation is 1. The Morgan fingerprint density at radius 2 is 2.22 bits per heavy atom. The van der Waals surface area contributed by atoms with E-state index in [1.807, 2.05) is 6.07 Å². The van der Waals surface area contributed by atoms with Gasteiger partial charge in [0.25, 0.3) is 5.56 Å². The van der Waals surface area contributed by atoms with E-state index in [2.05, 4.69) is 26.8 Å². The van der Waals surface area contributed by atoms with Crippen molar-refractivity contribution in [2.75, 3.05) is 6.54 Å². The van der Waals surface area contributed by atoms with Crippen LogP contribution in [0, 0.1) is 0 Å². The summed E-state index contributed by atoms with van der Waals surface area (Å²) in [6, 6.07) is 1.82. The summed E-state index contributed by atoms with van der Waals surface area (Å²) < 4.78 is 0. The van der Waals surface area contributed by atoms with Gasteiger partial charge in [-0.15, -0.1) is 0 Å². The topological polar surface area (TPSA) is 61.9 Å². The van der Waals surface area contributed by atoms with Crippen molar-refractivity contribution in [3.05, 3.63) is 55.4 Å². The Bertz CT molecular complexity index is 775. The largest absolute Gasteiger partial charge is 0.310 e. The second-order valence-corrected chi connectivity index (χ2v) is 6.55. The summed E-state index contributed by atoms with van der Waals surface area (Å²) in [6.45, 7) is 4.08. The number of hydrogen-bond acceptors (Lipinski definition) is 4. The average Bonchev–Trinajstić information content (AvgIpc) is 2.52. The van der Waals surface area contributed by atoms with E-state index >= 15 is 0 Å². The molecule has 1 aliphatic heterocycles. The van der Waals surface area contributed by atoms with Gasteiger partial charge in [-0.05, 0) is 12.5 Å². The molecule has 0 unspecified atom stereocenters. The van der Waals surface area contributed by atoms with Crippen molar-refractivity contribution >= 4 is 23.2 Å². The number of aromatic nitrogens is 3. The number of aromatic amines is 1. The molecule has 0 amide bonds. The van der Waals surface area contributed by atoms with Crippen LogP contribution in [0.1, 0.15) is 36.0 Å². The molecule has 3 rings (SSSR count). The molecular formula is C16H18Cl2N4O. The fourth-order valence-electron chi connectivity index (χ4n) is 2.84. The highest BCUT2D eigenvalue weighted by Crippen LogP contribution is 2.22. The highest BCUT2D eigenvalue weighted by atomic mass is 35.5. The van der Waals surface area contributed by atoms with Gasteiger partial charge in [-0.25, -0.2) is 9.97 Å². The fraction of sp³-hybridized carbons (Fsp3) is 0.438. The van der Waals surface area contributed by atoms with Gasteiger partial charge in [0.15, 0.2) is 0 Å². The lowest BCUT2D eigenvalue weighted by atomic mass is 10.1. The summed E-state index contributed by atoms with van der Waals surface area (Å²) >= 11 is 12.1. The van der Waals surface area contributed by atoms with E-state index in [0.29, 0.717) is 23.3 Å². The molecule has 2 aromatic rings. The number of halogens is 2. The molecule has 0 saturated carbocycles. The lowest BCUT2D eigenvalue weighted by molar-refractivity contribution is 0.241. The third-order valence-corrected chi connectivity index (χ3v) is 4.50. The first kappa shape index (κ1) is 16.4. The predicted octanol–water partition coefficient (Wildman–Crippen LogP) is 2.98. The van der Waals surface area contributed by atoms with Crippen molar-refractivity contribution in [3.8, 4) is 0 Å². The molecule has 5 nitrogen and oxygen atoms in total. The van der Waals surface area contributed by atoms with Crippen molar-refractivity contribution in [2.45, 2.75) is 39.3 Å². The van der Waals surface area contributed by atoms with E-state index in [-0.39, 0.29) is 5.56 Å². The van der Waals surface area contributed by atoms with Crippen molar-refractivity contribution in [1.82, 2.24) is 19.9 Å². The highest BCUT2D eigenvalue weighted by Gasteiger charge is 2.22. The summed E-state index contributed by atoms with van der Waals surface area (Å²) in [5.74, 6) is 0.784. The average molecular weight is 353 g/mol. The lowest BCUT2D eigenvalue weighted by Crippen LogP contribution is -2.35. The molecule has 3 heterocycles. The van der Waals surface area contributed by atoms with Gasteiger partial charge < -0.3 is 4.98 Å². The van der Waals surface area contributed by atoms with Gasteiger partial charge in [0.2, 0.25) is 0 Å². The van der Waals surface area contributed by atoms with Gasteiger partial charge in [-0.3, -0.25) is 9.69 Å². The van der Waals surface area contributed by atoms with Gasteiger partial charge in [0, 0.05) is 44.2 Å². The van der Waals surface area contributed by atoms with Gasteiger partial charge in [-0.2, -0.15) is 0 Å². The van der Waals surface area contributed by atoms with E-state index in [1.165, 1.54) is 6.20 Å². The first-order valence-electron chi connectivity index (χ1n) is 7.70. The minimum Gasteiger partial charge on any atom is -0.310 e. The first-order chi connectivity index (χ1) is 11.1. The fourth-order valence-corrected chi connectivity index (χ4v) is 3.18. The van der Waals surface area contributed by atoms with Gasteiger partial charge in [0.1, 0.15) is 11.0 Å². The number of nitrogens with one attached hydrogen (secondary N) is 1. The molecule has 7 heteroatoms. The van der Waals surface area contributed by atoms with Crippen LogP contribution in [0.3, 0.4) is 0 Å². The monoisotopic (exact) mass is 352 g/mol. The maximum Gasteiger partial charge on any atom is 0.255 e. The molecule has 0 spiro atoms. The summed E-state index contributed by atoms with van der Waals surface area (Å²) in [4.78, 5) is 26.0. The van der Waals surface area contributed by atoms with Crippen LogP contribution in [0.25, 0.3) is 0 Å². The molecule has 2 aromatic heterocycles. The quantitative estimate of drug-likeness (QED) is 0.859. The number of nitrogens with zero attached hydrogens (tertiary/aromatic N) is 3. The Kier molecular flexibility index (Phi) is 4.99. The predicted molar refractivity (Wildman–Crippen MR) is 90.9 cm³/mol. The number of hydrogen-bond donors (Lipinski definition) is 1. The van der Waals surface area contributed by atoms with Crippen LogP contribution in [-0.2, 0) is 25.9 Å². The normalized spacial score (nSPS) is 14.7. The van der Waals surface area contributed by atoms with Crippen molar-refractivity contribution < 1.29 is 0 Å². The SMILES string of the molecule is CCCc1nc2c(c(=O)[nH]1)CN(Cc1cc(Cl)cnc1Cl)CC2. The second kappa shape index (κ2) is 6.99. The van der Waals surface area contributed by atoms with E-state index < -0.39 is 0 Å². The Hall–Kier alpha value is -1.43. The Labute approximate surface area is 144 Å². The van der Waals surface area contributed by atoms with Crippen molar-refractivity contribution in [2.24, 2.45) is 0 Å². The molecule has 0 aromatic carbocycles. The van der Waals surface area contributed by atoms with Crippen LogP contribution >= 0.6 is 23.2 Å². The molecular weight excluding hydrogens is 335 g/mol. The standard InChI is InChI=1S/C16H18Cl2N4O/c1-2-3-14-20-13-4-5-22(9-12(13)16(23)21-14)8-10-6-11(17)7-19-15(10)18/h6-7H,2-5,8-9H2,1H3,(H,20,21,23). The van der Waals surface area contributed by atoms with Crippen LogP contribution < -0.4 is 5.56 Å². The molecule has 0 fully saturated rings. The van der Waals surface area contributed by atoms with Crippen molar-refractivity contribution in [3.63, 3.8) is 0 Å². The second-order valence-electron chi connectivity index (χ2n) is 5.75. The molecule has 1 aliphatic rings.